The summed E-state index contributed by atoms with van der Waals surface area (Å²) in [5.74, 6) is -0.206. The maximum atomic E-state index is 13.0. The molecule has 0 bridgehead atoms. The number of hydrogen-bond acceptors (Lipinski definition) is 6. The number of carbonyl (C=O) groups excluding carboxylic acids is 1. The second-order valence-corrected chi connectivity index (χ2v) is 7.93. The standard InChI is InChI=1S/C25H19BrFN3O5/c1-2-34-23-13-16(11-18(14-28)17-3-9-21(10-4-17)30(32)33)12-22(26)25(23)35-15-24(31)29-20-7-5-19(27)6-8-20/h3-13H,2,15H2,1H3,(H,29,31)/b18-11-. The van der Waals surface area contributed by atoms with Crippen molar-refractivity contribution in [3.05, 3.63) is 92.2 Å². The van der Waals surface area contributed by atoms with Crippen LogP contribution < -0.4 is 14.8 Å². The van der Waals surface area contributed by atoms with Crippen LogP contribution in [0.5, 0.6) is 11.5 Å². The number of amides is 1. The first-order chi connectivity index (χ1) is 16.8. The van der Waals surface area contributed by atoms with Gasteiger partial charge < -0.3 is 14.8 Å². The van der Waals surface area contributed by atoms with E-state index >= 15 is 0 Å². The molecule has 0 aromatic heterocycles. The predicted molar refractivity (Wildman–Crippen MR) is 132 cm³/mol. The minimum atomic E-state index is -0.510. The van der Waals surface area contributed by atoms with Crippen molar-refractivity contribution < 1.29 is 23.6 Å². The second kappa shape index (κ2) is 11.8. The van der Waals surface area contributed by atoms with Gasteiger partial charge in [0.05, 0.1) is 27.6 Å². The topological polar surface area (TPSA) is 114 Å². The largest absolute Gasteiger partial charge is 0.490 e. The summed E-state index contributed by atoms with van der Waals surface area (Å²) in [6, 6.07) is 16.5. The van der Waals surface area contributed by atoms with E-state index in [0.29, 0.717) is 45.0 Å². The number of anilines is 1. The Balaban J connectivity index is 1.81. The predicted octanol–water partition coefficient (Wildman–Crippen LogP) is 5.98. The van der Waals surface area contributed by atoms with E-state index in [1.807, 2.05) is 0 Å². The van der Waals surface area contributed by atoms with Crippen molar-refractivity contribution in [1.82, 2.24) is 0 Å². The third kappa shape index (κ3) is 6.88. The molecule has 0 aliphatic heterocycles. The first kappa shape index (κ1) is 25.4. The highest BCUT2D eigenvalue weighted by Crippen LogP contribution is 2.38. The number of nitriles is 1. The number of carbonyl (C=O) groups is 1. The van der Waals surface area contributed by atoms with Crippen molar-refractivity contribution in [3.63, 3.8) is 0 Å². The Kier molecular flexibility index (Phi) is 8.53. The van der Waals surface area contributed by atoms with Gasteiger partial charge in [0.25, 0.3) is 11.6 Å². The molecule has 0 atom stereocenters. The number of allylic oxidation sites excluding steroid dienone is 1. The molecule has 0 saturated heterocycles. The van der Waals surface area contributed by atoms with Crippen molar-refractivity contribution >= 4 is 44.9 Å². The van der Waals surface area contributed by atoms with Gasteiger partial charge in [-0.3, -0.25) is 14.9 Å². The van der Waals surface area contributed by atoms with E-state index in [4.69, 9.17) is 9.47 Å². The number of benzene rings is 3. The van der Waals surface area contributed by atoms with Gasteiger partial charge in [-0.2, -0.15) is 5.26 Å². The average Bonchev–Trinajstić information content (AvgIpc) is 2.83. The minimum absolute atomic E-state index is 0.0719. The van der Waals surface area contributed by atoms with Crippen LogP contribution >= 0.6 is 15.9 Å². The molecular formula is C25H19BrFN3O5. The molecule has 35 heavy (non-hydrogen) atoms. The maximum Gasteiger partial charge on any atom is 0.269 e. The second-order valence-electron chi connectivity index (χ2n) is 7.08. The van der Waals surface area contributed by atoms with E-state index in [-0.39, 0.29) is 12.3 Å². The summed E-state index contributed by atoms with van der Waals surface area (Å²) in [5, 5.41) is 23.1. The molecule has 0 saturated carbocycles. The van der Waals surface area contributed by atoms with Gasteiger partial charge in [0.15, 0.2) is 18.1 Å². The molecule has 3 aromatic rings. The van der Waals surface area contributed by atoms with Gasteiger partial charge in [-0.25, -0.2) is 4.39 Å². The number of nitrogens with one attached hydrogen (secondary N) is 1. The highest BCUT2D eigenvalue weighted by Gasteiger charge is 2.15. The lowest BCUT2D eigenvalue weighted by atomic mass is 10.0. The molecule has 178 valence electrons. The van der Waals surface area contributed by atoms with Crippen LogP contribution in [0, 0.1) is 27.3 Å². The zero-order valence-electron chi connectivity index (χ0n) is 18.5. The summed E-state index contributed by atoms with van der Waals surface area (Å²) in [7, 11) is 0. The summed E-state index contributed by atoms with van der Waals surface area (Å²) >= 11 is 3.42. The number of nitrogens with zero attached hydrogens (tertiary/aromatic N) is 2. The smallest absolute Gasteiger partial charge is 0.269 e. The van der Waals surface area contributed by atoms with Gasteiger partial charge in [0.1, 0.15) is 5.82 Å². The van der Waals surface area contributed by atoms with Crippen molar-refractivity contribution in [2.24, 2.45) is 0 Å². The first-order valence-electron chi connectivity index (χ1n) is 10.3. The zero-order valence-corrected chi connectivity index (χ0v) is 20.0. The Morgan fingerprint density at radius 2 is 1.86 bits per heavy atom. The van der Waals surface area contributed by atoms with Crippen molar-refractivity contribution in [1.29, 1.82) is 5.26 Å². The fraction of sp³-hybridized carbons (Fsp3) is 0.120. The fourth-order valence-corrected chi connectivity index (χ4v) is 3.63. The molecule has 1 amide bonds. The van der Waals surface area contributed by atoms with Gasteiger partial charge in [-0.05, 0) is 88.6 Å². The summed E-state index contributed by atoms with van der Waals surface area (Å²) in [6.45, 7) is 1.79. The summed E-state index contributed by atoms with van der Waals surface area (Å²) in [6.07, 6.45) is 1.61. The molecule has 10 heteroatoms. The Morgan fingerprint density at radius 3 is 2.46 bits per heavy atom. The molecule has 0 aliphatic carbocycles. The van der Waals surface area contributed by atoms with Crippen LogP contribution in [-0.2, 0) is 4.79 Å². The van der Waals surface area contributed by atoms with Crippen LogP contribution in [0.15, 0.2) is 65.1 Å². The molecule has 0 heterocycles. The molecular weight excluding hydrogens is 521 g/mol. The SMILES string of the molecule is CCOc1cc(/C=C(/C#N)c2ccc([N+](=O)[O-])cc2)cc(Br)c1OCC(=O)Nc1ccc(F)cc1. The highest BCUT2D eigenvalue weighted by molar-refractivity contribution is 9.10. The third-order valence-electron chi connectivity index (χ3n) is 4.63. The molecule has 0 fully saturated rings. The molecule has 8 nitrogen and oxygen atoms in total. The van der Waals surface area contributed by atoms with Gasteiger partial charge in [-0.1, -0.05) is 0 Å². The molecule has 0 spiro atoms. The van der Waals surface area contributed by atoms with Gasteiger partial charge in [-0.15, -0.1) is 0 Å². The minimum Gasteiger partial charge on any atom is -0.490 e. The molecule has 0 aliphatic rings. The van der Waals surface area contributed by atoms with Gasteiger partial charge >= 0.3 is 0 Å². The summed E-state index contributed by atoms with van der Waals surface area (Å²) in [4.78, 5) is 22.6. The quantitative estimate of drug-likeness (QED) is 0.155. The zero-order chi connectivity index (χ0) is 25.4. The Morgan fingerprint density at radius 1 is 1.17 bits per heavy atom. The van der Waals surface area contributed by atoms with Crippen molar-refractivity contribution in [3.8, 4) is 17.6 Å². The van der Waals surface area contributed by atoms with E-state index in [2.05, 4.69) is 27.3 Å². The monoisotopic (exact) mass is 539 g/mol. The van der Waals surface area contributed by atoms with E-state index in [9.17, 15) is 24.6 Å². The van der Waals surface area contributed by atoms with Crippen LogP contribution in [0.4, 0.5) is 15.8 Å². The number of halogens is 2. The van der Waals surface area contributed by atoms with Crippen LogP contribution in [-0.4, -0.2) is 24.0 Å². The van der Waals surface area contributed by atoms with Crippen LogP contribution in [0.3, 0.4) is 0 Å². The van der Waals surface area contributed by atoms with E-state index < -0.39 is 16.6 Å². The molecule has 3 rings (SSSR count). The summed E-state index contributed by atoms with van der Waals surface area (Å²) in [5.41, 5.74) is 1.78. The maximum absolute atomic E-state index is 13.0. The first-order valence-corrected chi connectivity index (χ1v) is 11.1. The third-order valence-corrected chi connectivity index (χ3v) is 5.22. The lowest BCUT2D eigenvalue weighted by molar-refractivity contribution is -0.384. The number of nitro groups is 1. The molecule has 1 N–H and O–H groups in total. The van der Waals surface area contributed by atoms with E-state index in [0.717, 1.165) is 0 Å². The molecule has 3 aromatic carbocycles. The lowest BCUT2D eigenvalue weighted by Gasteiger charge is -2.15. The average molecular weight is 540 g/mol. The highest BCUT2D eigenvalue weighted by atomic mass is 79.9. The van der Waals surface area contributed by atoms with Gasteiger partial charge in [0, 0.05) is 17.8 Å². The van der Waals surface area contributed by atoms with Crippen molar-refractivity contribution in [2.75, 3.05) is 18.5 Å². The van der Waals surface area contributed by atoms with Crippen LogP contribution in [0.1, 0.15) is 18.1 Å². The summed E-state index contributed by atoms with van der Waals surface area (Å²) < 4.78 is 24.9. The Bertz CT molecular complexity index is 1300. The van der Waals surface area contributed by atoms with E-state index in [1.54, 1.807) is 25.1 Å². The van der Waals surface area contributed by atoms with Crippen LogP contribution in [0.2, 0.25) is 0 Å². The number of nitro benzene ring substituents is 1. The Labute approximate surface area is 208 Å². The normalized spacial score (nSPS) is 10.9. The van der Waals surface area contributed by atoms with Crippen LogP contribution in [0.25, 0.3) is 11.6 Å². The number of hydrogen-bond donors (Lipinski definition) is 1. The van der Waals surface area contributed by atoms with E-state index in [1.165, 1.54) is 48.5 Å². The fourth-order valence-electron chi connectivity index (χ4n) is 3.05. The number of ether oxygens (including phenoxy) is 2. The lowest BCUT2D eigenvalue weighted by Crippen LogP contribution is -2.20. The van der Waals surface area contributed by atoms with Gasteiger partial charge in [0.2, 0.25) is 0 Å². The molecule has 0 unspecified atom stereocenters. The Hall–Kier alpha value is -4.23. The number of rotatable bonds is 9. The number of non-ortho nitro benzene ring substituents is 1. The molecule has 0 radical (unpaired) electrons. The van der Waals surface area contributed by atoms with Crippen molar-refractivity contribution in [2.45, 2.75) is 6.92 Å².